The molecular weight excluding hydrogens is 515 g/mol. The quantitative estimate of drug-likeness (QED) is 0.285. The van der Waals surface area contributed by atoms with Crippen LogP contribution < -0.4 is 21.1 Å². The van der Waals surface area contributed by atoms with Gasteiger partial charge in [-0.3, -0.25) is 4.90 Å². The highest BCUT2D eigenvalue weighted by Crippen LogP contribution is 2.38. The first kappa shape index (κ1) is 26.3. The fourth-order valence-corrected chi connectivity index (χ4v) is 4.32. The Kier molecular flexibility index (Phi) is 7.57. The number of rotatable bonds is 7. The van der Waals surface area contributed by atoms with E-state index in [0.717, 1.165) is 42.9 Å². The molecule has 1 aromatic heterocycles. The summed E-state index contributed by atoms with van der Waals surface area (Å²) in [5.41, 5.74) is 7.78. The Bertz CT molecular complexity index is 1450. The van der Waals surface area contributed by atoms with Crippen LogP contribution in [0.5, 0.6) is 5.75 Å². The molecule has 39 heavy (non-hydrogen) atoms. The van der Waals surface area contributed by atoms with Gasteiger partial charge in [0.15, 0.2) is 5.52 Å². The number of amides is 2. The number of nitrogen functional groups attached to an aromatic ring is 1. The van der Waals surface area contributed by atoms with Crippen molar-refractivity contribution in [2.75, 3.05) is 55.8 Å². The van der Waals surface area contributed by atoms with E-state index < -0.39 is 17.8 Å². The Morgan fingerprint density at radius 2 is 1.77 bits per heavy atom. The Labute approximate surface area is 221 Å². The van der Waals surface area contributed by atoms with Crippen molar-refractivity contribution in [1.82, 2.24) is 10.1 Å². The van der Waals surface area contributed by atoms with Gasteiger partial charge >= 0.3 is 12.2 Å². The van der Waals surface area contributed by atoms with Crippen LogP contribution in [0.3, 0.4) is 0 Å². The van der Waals surface area contributed by atoms with Crippen LogP contribution in [0, 0.1) is 0 Å². The molecule has 2 heterocycles. The molecule has 4 aromatic rings. The summed E-state index contributed by atoms with van der Waals surface area (Å²) in [7, 11) is 0. The summed E-state index contributed by atoms with van der Waals surface area (Å²) in [6.07, 6.45) is -4.50. The topological polar surface area (TPSA) is 115 Å². The van der Waals surface area contributed by atoms with Crippen LogP contribution in [-0.4, -0.2) is 55.5 Å². The van der Waals surface area contributed by atoms with E-state index in [9.17, 15) is 18.0 Å². The maximum Gasteiger partial charge on any atom is 0.416 e. The van der Waals surface area contributed by atoms with E-state index in [1.807, 2.05) is 12.1 Å². The van der Waals surface area contributed by atoms with Crippen LogP contribution in [0.4, 0.5) is 35.2 Å². The number of halogens is 3. The maximum atomic E-state index is 12.9. The molecule has 0 bridgehead atoms. The molecule has 1 aliphatic rings. The molecule has 0 spiro atoms. The highest BCUT2D eigenvalue weighted by Gasteiger charge is 2.30. The van der Waals surface area contributed by atoms with Crippen molar-refractivity contribution in [2.24, 2.45) is 0 Å². The minimum Gasteiger partial charge on any atom is -0.490 e. The van der Waals surface area contributed by atoms with Crippen molar-refractivity contribution in [3.8, 4) is 16.9 Å². The first-order valence-electron chi connectivity index (χ1n) is 12.2. The average molecular weight is 542 g/mol. The number of ether oxygens (including phenoxy) is 2. The zero-order valence-corrected chi connectivity index (χ0v) is 20.8. The van der Waals surface area contributed by atoms with Gasteiger partial charge in [0.25, 0.3) is 0 Å². The Morgan fingerprint density at radius 1 is 1.03 bits per heavy atom. The molecule has 1 aliphatic heterocycles. The number of hydrogen-bond acceptors (Lipinski definition) is 7. The number of aromatic nitrogens is 1. The van der Waals surface area contributed by atoms with Gasteiger partial charge in [-0.1, -0.05) is 23.4 Å². The first-order chi connectivity index (χ1) is 18.8. The summed E-state index contributed by atoms with van der Waals surface area (Å²) in [6.45, 7) is 4.40. The van der Waals surface area contributed by atoms with Gasteiger partial charge in [0, 0.05) is 31.0 Å². The summed E-state index contributed by atoms with van der Waals surface area (Å²) in [5.74, 6) is 0.716. The zero-order chi connectivity index (χ0) is 27.4. The smallest absolute Gasteiger partial charge is 0.416 e. The van der Waals surface area contributed by atoms with Crippen LogP contribution >= 0.6 is 0 Å². The molecule has 204 valence electrons. The maximum absolute atomic E-state index is 12.9. The molecule has 9 nitrogen and oxygen atoms in total. The number of hydrogen-bond donors (Lipinski definition) is 3. The molecule has 3 aromatic carbocycles. The van der Waals surface area contributed by atoms with E-state index in [1.165, 1.54) is 12.1 Å². The van der Waals surface area contributed by atoms with Crippen LogP contribution in [-0.2, 0) is 10.9 Å². The molecule has 0 radical (unpaired) electrons. The lowest BCUT2D eigenvalue weighted by Gasteiger charge is -2.26. The van der Waals surface area contributed by atoms with Gasteiger partial charge in [0.2, 0.25) is 5.88 Å². The summed E-state index contributed by atoms with van der Waals surface area (Å²) < 4.78 is 55.4. The lowest BCUT2D eigenvalue weighted by molar-refractivity contribution is -0.137. The van der Waals surface area contributed by atoms with Crippen molar-refractivity contribution in [2.45, 2.75) is 6.18 Å². The van der Waals surface area contributed by atoms with Crippen LogP contribution in [0.2, 0.25) is 0 Å². The van der Waals surface area contributed by atoms with E-state index in [-0.39, 0.29) is 11.6 Å². The number of anilines is 3. The second-order valence-electron chi connectivity index (χ2n) is 8.92. The highest BCUT2D eigenvalue weighted by atomic mass is 19.4. The Hall–Kier alpha value is -4.29. The normalized spacial score (nSPS) is 14.3. The Morgan fingerprint density at radius 3 is 2.51 bits per heavy atom. The summed E-state index contributed by atoms with van der Waals surface area (Å²) >= 11 is 0. The third-order valence-electron chi connectivity index (χ3n) is 6.29. The third kappa shape index (κ3) is 6.24. The molecule has 2 amide bonds. The van der Waals surface area contributed by atoms with E-state index in [4.69, 9.17) is 19.7 Å². The zero-order valence-electron chi connectivity index (χ0n) is 20.8. The lowest BCUT2D eigenvalue weighted by Crippen LogP contribution is -2.38. The van der Waals surface area contributed by atoms with Crippen LogP contribution in [0.1, 0.15) is 5.56 Å². The fraction of sp³-hybridized carbons (Fsp3) is 0.259. The number of nitrogens with zero attached hydrogens (tertiary/aromatic N) is 2. The number of fused-ring (bicyclic) bond motifs is 1. The summed E-state index contributed by atoms with van der Waals surface area (Å²) in [6, 6.07) is 14.3. The van der Waals surface area contributed by atoms with Crippen LogP contribution in [0.15, 0.2) is 65.2 Å². The molecular formula is C27H26F3N5O4. The summed E-state index contributed by atoms with van der Waals surface area (Å²) in [5, 5.41) is 9.73. The molecule has 12 heteroatoms. The monoisotopic (exact) mass is 541 g/mol. The minimum atomic E-state index is -4.50. The molecule has 1 saturated heterocycles. The molecule has 0 atom stereocenters. The number of benzene rings is 3. The van der Waals surface area contributed by atoms with Crippen molar-refractivity contribution < 1.29 is 32.0 Å². The number of morpholine rings is 1. The SMILES string of the molecule is Nc1onc2c(OCCN3CCOCC3)ccc(-c3ccc(NC(=O)Nc4cccc(C(F)(F)F)c4)cc3)c12. The van der Waals surface area contributed by atoms with Crippen molar-refractivity contribution >= 4 is 34.2 Å². The number of urea groups is 1. The van der Waals surface area contributed by atoms with Gasteiger partial charge < -0.3 is 30.4 Å². The predicted octanol–water partition coefficient (Wildman–Crippen LogP) is 5.45. The van der Waals surface area contributed by atoms with Crippen molar-refractivity contribution in [3.05, 3.63) is 66.2 Å². The van der Waals surface area contributed by atoms with E-state index in [2.05, 4.69) is 20.7 Å². The standard InChI is InChI=1S/C27H26F3N5O4/c28-27(29,30)18-2-1-3-20(16-18)33-26(36)32-19-6-4-17(5-7-19)21-8-9-22(24-23(21)25(31)39-34-24)38-15-12-35-10-13-37-14-11-35/h1-9,16H,10-15,31H2,(H2,32,33,36). The van der Waals surface area contributed by atoms with Crippen molar-refractivity contribution in [1.29, 1.82) is 0 Å². The van der Waals surface area contributed by atoms with Gasteiger partial charge in [0.05, 0.1) is 24.2 Å². The molecule has 1 fully saturated rings. The second-order valence-corrected chi connectivity index (χ2v) is 8.92. The first-order valence-corrected chi connectivity index (χ1v) is 12.2. The number of carbonyl (C=O) groups excluding carboxylic acids is 1. The third-order valence-corrected chi connectivity index (χ3v) is 6.29. The van der Waals surface area contributed by atoms with Gasteiger partial charge in [-0.15, -0.1) is 0 Å². The number of alkyl halides is 3. The Balaban J connectivity index is 1.26. The van der Waals surface area contributed by atoms with E-state index >= 15 is 0 Å². The lowest BCUT2D eigenvalue weighted by atomic mass is 10.0. The number of carbonyl (C=O) groups is 1. The predicted molar refractivity (Wildman–Crippen MR) is 141 cm³/mol. The van der Waals surface area contributed by atoms with E-state index in [1.54, 1.807) is 24.3 Å². The van der Waals surface area contributed by atoms with E-state index in [0.29, 0.717) is 42.2 Å². The second kappa shape index (κ2) is 11.2. The fourth-order valence-electron chi connectivity index (χ4n) is 4.32. The molecule has 0 aliphatic carbocycles. The van der Waals surface area contributed by atoms with Gasteiger partial charge in [-0.05, 0) is 53.6 Å². The molecule has 0 saturated carbocycles. The molecule has 0 unspecified atom stereocenters. The molecule has 4 N–H and O–H groups in total. The van der Waals surface area contributed by atoms with Crippen LogP contribution in [0.25, 0.3) is 22.0 Å². The van der Waals surface area contributed by atoms with Gasteiger partial charge in [-0.25, -0.2) is 4.79 Å². The number of nitrogens with one attached hydrogen (secondary N) is 2. The van der Waals surface area contributed by atoms with Crippen molar-refractivity contribution in [3.63, 3.8) is 0 Å². The summed E-state index contributed by atoms with van der Waals surface area (Å²) in [4.78, 5) is 14.6. The molecule has 5 rings (SSSR count). The number of nitrogens with two attached hydrogens (primary N) is 1. The van der Waals surface area contributed by atoms with Gasteiger partial charge in [0.1, 0.15) is 12.4 Å². The average Bonchev–Trinajstić information content (AvgIpc) is 3.31. The minimum absolute atomic E-state index is 0.0246. The highest BCUT2D eigenvalue weighted by molar-refractivity contribution is 6.04. The van der Waals surface area contributed by atoms with Gasteiger partial charge in [-0.2, -0.15) is 13.2 Å². The largest absolute Gasteiger partial charge is 0.490 e.